The van der Waals surface area contributed by atoms with Crippen LogP contribution in [0.2, 0.25) is 5.02 Å². The van der Waals surface area contributed by atoms with Gasteiger partial charge in [-0.25, -0.2) is 0 Å². The fourth-order valence-electron chi connectivity index (χ4n) is 3.48. The summed E-state index contributed by atoms with van der Waals surface area (Å²) in [6.45, 7) is 4.18. The van der Waals surface area contributed by atoms with Gasteiger partial charge in [-0.1, -0.05) is 29.3 Å². The van der Waals surface area contributed by atoms with Crippen LogP contribution in [0.15, 0.2) is 42.5 Å². The molecule has 0 spiro atoms. The van der Waals surface area contributed by atoms with Gasteiger partial charge in [-0.3, -0.25) is 4.90 Å². The molecule has 2 bridgehead atoms. The number of anilines is 1. The van der Waals surface area contributed by atoms with Crippen molar-refractivity contribution < 1.29 is 4.74 Å². The van der Waals surface area contributed by atoms with Crippen molar-refractivity contribution in [3.63, 3.8) is 0 Å². The van der Waals surface area contributed by atoms with E-state index < -0.39 is 5.72 Å². The summed E-state index contributed by atoms with van der Waals surface area (Å²) in [6.07, 6.45) is 0.826. The van der Waals surface area contributed by atoms with Crippen molar-refractivity contribution in [3.05, 3.63) is 58.6 Å². The summed E-state index contributed by atoms with van der Waals surface area (Å²) in [5, 5.41) is 4.85. The number of thiocarbonyl (C=S) groups is 1. The molecule has 2 unspecified atom stereocenters. The minimum atomic E-state index is -0.511. The molecule has 3 nitrogen and oxygen atoms in total. The molecule has 0 saturated carbocycles. The molecular formula is C18H17ClN2OS. The molecule has 118 valence electrons. The number of nitrogens with zero attached hydrogens (tertiary/aromatic N) is 1. The van der Waals surface area contributed by atoms with E-state index in [1.54, 1.807) is 0 Å². The van der Waals surface area contributed by atoms with E-state index in [-0.39, 0.29) is 6.04 Å². The van der Waals surface area contributed by atoms with Gasteiger partial charge in [0.2, 0.25) is 0 Å². The summed E-state index contributed by atoms with van der Waals surface area (Å²) in [5.41, 5.74) is 2.87. The maximum Gasteiger partial charge on any atom is 0.188 e. The first-order valence-corrected chi connectivity index (χ1v) is 8.41. The zero-order valence-corrected chi connectivity index (χ0v) is 14.5. The van der Waals surface area contributed by atoms with Gasteiger partial charge in [0, 0.05) is 22.7 Å². The molecular weight excluding hydrogens is 328 g/mol. The van der Waals surface area contributed by atoms with E-state index in [2.05, 4.69) is 31.3 Å². The van der Waals surface area contributed by atoms with Gasteiger partial charge in [-0.05, 0) is 56.4 Å². The monoisotopic (exact) mass is 344 g/mol. The Balaban J connectivity index is 1.79. The average molecular weight is 345 g/mol. The van der Waals surface area contributed by atoms with Crippen molar-refractivity contribution in [1.29, 1.82) is 0 Å². The van der Waals surface area contributed by atoms with Crippen molar-refractivity contribution >= 4 is 34.6 Å². The van der Waals surface area contributed by atoms with Gasteiger partial charge >= 0.3 is 0 Å². The van der Waals surface area contributed by atoms with Crippen LogP contribution in [0.3, 0.4) is 0 Å². The maximum atomic E-state index is 6.38. The van der Waals surface area contributed by atoms with Gasteiger partial charge in [0.05, 0.1) is 6.04 Å². The first-order chi connectivity index (χ1) is 11.0. The number of aryl methyl sites for hydroxylation is 1. The van der Waals surface area contributed by atoms with Gasteiger partial charge in [0.15, 0.2) is 10.8 Å². The molecule has 0 amide bonds. The van der Waals surface area contributed by atoms with E-state index in [1.165, 1.54) is 11.1 Å². The molecule has 1 N–H and O–H groups in total. The summed E-state index contributed by atoms with van der Waals surface area (Å²) < 4.78 is 6.38. The first-order valence-electron chi connectivity index (χ1n) is 7.62. The Bertz CT molecular complexity index is 792. The number of rotatable bonds is 1. The summed E-state index contributed by atoms with van der Waals surface area (Å²) in [4.78, 5) is 2.04. The van der Waals surface area contributed by atoms with Gasteiger partial charge < -0.3 is 10.1 Å². The third kappa shape index (κ3) is 2.37. The second-order valence-corrected chi connectivity index (χ2v) is 7.16. The molecule has 2 atom stereocenters. The maximum absolute atomic E-state index is 6.38. The van der Waals surface area contributed by atoms with E-state index >= 15 is 0 Å². The zero-order chi connectivity index (χ0) is 16.2. The van der Waals surface area contributed by atoms with Crippen molar-refractivity contribution in [3.8, 4) is 5.75 Å². The lowest BCUT2D eigenvalue weighted by molar-refractivity contribution is 0.0497. The highest BCUT2D eigenvalue weighted by molar-refractivity contribution is 7.80. The van der Waals surface area contributed by atoms with Crippen LogP contribution in [0, 0.1) is 6.92 Å². The molecule has 0 radical (unpaired) electrons. The number of halogens is 1. The van der Waals surface area contributed by atoms with E-state index in [9.17, 15) is 0 Å². The molecule has 5 heteroatoms. The molecule has 2 aromatic carbocycles. The van der Waals surface area contributed by atoms with Crippen LogP contribution < -0.4 is 15.0 Å². The van der Waals surface area contributed by atoms with Gasteiger partial charge in [-0.15, -0.1) is 0 Å². The van der Waals surface area contributed by atoms with E-state index in [0.717, 1.165) is 17.9 Å². The number of hydrogen-bond acceptors (Lipinski definition) is 2. The third-order valence-corrected chi connectivity index (χ3v) is 5.06. The Morgan fingerprint density at radius 2 is 2.00 bits per heavy atom. The summed E-state index contributed by atoms with van der Waals surface area (Å²) in [7, 11) is 0. The van der Waals surface area contributed by atoms with Crippen molar-refractivity contribution in [2.45, 2.75) is 32.0 Å². The van der Waals surface area contributed by atoms with E-state index in [4.69, 9.17) is 28.6 Å². The molecule has 2 aliphatic heterocycles. The Hall–Kier alpha value is -1.78. The van der Waals surface area contributed by atoms with Crippen LogP contribution in [-0.4, -0.2) is 10.8 Å². The second kappa shape index (κ2) is 5.11. The van der Waals surface area contributed by atoms with Gasteiger partial charge in [-0.2, -0.15) is 0 Å². The molecule has 2 aliphatic rings. The predicted octanol–water partition coefficient (Wildman–Crippen LogP) is 4.58. The van der Waals surface area contributed by atoms with Crippen LogP contribution in [0.25, 0.3) is 0 Å². The van der Waals surface area contributed by atoms with E-state index in [1.807, 2.05) is 35.2 Å². The number of fused-ring (bicyclic) bond motifs is 4. The SMILES string of the molecule is Cc1ccc2c(c1)C1CC(C)(O2)N(c2ccc(Cl)cc2)C(=S)N1. The van der Waals surface area contributed by atoms with Crippen molar-refractivity contribution in [1.82, 2.24) is 5.32 Å². The Morgan fingerprint density at radius 3 is 2.74 bits per heavy atom. The van der Waals surface area contributed by atoms with Crippen molar-refractivity contribution in [2.24, 2.45) is 0 Å². The van der Waals surface area contributed by atoms with Crippen LogP contribution in [0.5, 0.6) is 5.75 Å². The quantitative estimate of drug-likeness (QED) is 0.765. The first kappa shape index (κ1) is 14.8. The molecule has 2 aromatic rings. The minimum Gasteiger partial charge on any atom is -0.467 e. The number of ether oxygens (including phenoxy) is 1. The summed E-state index contributed by atoms with van der Waals surface area (Å²) in [6, 6.07) is 14.2. The molecule has 0 aliphatic carbocycles. The lowest BCUT2D eigenvalue weighted by Gasteiger charge is -2.52. The fraction of sp³-hybridized carbons (Fsp3) is 0.278. The topological polar surface area (TPSA) is 24.5 Å². The number of hydrogen-bond donors (Lipinski definition) is 1. The molecule has 23 heavy (non-hydrogen) atoms. The van der Waals surface area contributed by atoms with E-state index in [0.29, 0.717) is 10.1 Å². The predicted molar refractivity (Wildman–Crippen MR) is 97.2 cm³/mol. The van der Waals surface area contributed by atoms with Crippen LogP contribution in [0.1, 0.15) is 30.5 Å². The average Bonchev–Trinajstić information content (AvgIpc) is 2.49. The lowest BCUT2D eigenvalue weighted by atomic mass is 9.89. The molecule has 4 rings (SSSR count). The standard InChI is InChI=1S/C18H17ClN2OS/c1-11-3-8-16-14(9-11)15-10-18(2,22-16)21(17(23)20-15)13-6-4-12(19)5-7-13/h3-9,15H,10H2,1-2H3,(H,20,23). The number of benzene rings is 2. The zero-order valence-electron chi connectivity index (χ0n) is 13.0. The highest BCUT2D eigenvalue weighted by Gasteiger charge is 2.48. The lowest BCUT2D eigenvalue weighted by Crippen LogP contribution is -2.65. The van der Waals surface area contributed by atoms with Crippen LogP contribution in [0.4, 0.5) is 5.69 Å². The van der Waals surface area contributed by atoms with Crippen LogP contribution >= 0.6 is 23.8 Å². The summed E-state index contributed by atoms with van der Waals surface area (Å²) in [5.74, 6) is 0.920. The fourth-order valence-corrected chi connectivity index (χ4v) is 4.04. The van der Waals surface area contributed by atoms with Gasteiger partial charge in [0.1, 0.15) is 5.75 Å². The molecule has 0 aromatic heterocycles. The Labute approximate surface area is 146 Å². The smallest absolute Gasteiger partial charge is 0.188 e. The molecule has 1 saturated heterocycles. The third-order valence-electron chi connectivity index (χ3n) is 4.51. The second-order valence-electron chi connectivity index (χ2n) is 6.34. The largest absolute Gasteiger partial charge is 0.467 e. The van der Waals surface area contributed by atoms with Crippen molar-refractivity contribution in [2.75, 3.05) is 4.90 Å². The highest BCUT2D eigenvalue weighted by atomic mass is 35.5. The van der Waals surface area contributed by atoms with Gasteiger partial charge in [0.25, 0.3) is 0 Å². The number of nitrogens with one attached hydrogen (secondary N) is 1. The molecule has 1 fully saturated rings. The molecule has 2 heterocycles. The normalized spacial score (nSPS) is 25.4. The van der Waals surface area contributed by atoms with Crippen LogP contribution in [-0.2, 0) is 0 Å². The minimum absolute atomic E-state index is 0.180. The Morgan fingerprint density at radius 1 is 1.26 bits per heavy atom. The Kier molecular flexibility index (Phi) is 3.29. The highest BCUT2D eigenvalue weighted by Crippen LogP contribution is 2.45. The summed E-state index contributed by atoms with van der Waals surface area (Å²) >= 11 is 11.6.